The van der Waals surface area contributed by atoms with Crippen molar-refractivity contribution in [1.82, 2.24) is 5.32 Å². The van der Waals surface area contributed by atoms with Gasteiger partial charge in [0.15, 0.2) is 0 Å². The van der Waals surface area contributed by atoms with Crippen LogP contribution in [0.5, 0.6) is 5.75 Å². The predicted octanol–water partition coefficient (Wildman–Crippen LogP) is 4.14. The zero-order valence-electron chi connectivity index (χ0n) is 10.9. The van der Waals surface area contributed by atoms with Crippen LogP contribution in [-0.4, -0.2) is 13.2 Å². The molecule has 0 spiro atoms. The average molecular weight is 338 g/mol. The van der Waals surface area contributed by atoms with E-state index in [2.05, 4.69) is 57.8 Å². The molecule has 1 aromatic carbocycles. The molecule has 1 aliphatic heterocycles. The first-order valence-corrected chi connectivity index (χ1v) is 8.06. The number of ether oxygens (including phenoxy) is 1. The number of halogens is 1. The van der Waals surface area contributed by atoms with Crippen LogP contribution in [0.4, 0.5) is 0 Å². The van der Waals surface area contributed by atoms with Crippen LogP contribution in [0.25, 0.3) is 0 Å². The largest absolute Gasteiger partial charge is 0.490 e. The number of nitrogens with one attached hydrogen (secondary N) is 1. The van der Waals surface area contributed by atoms with E-state index in [9.17, 15) is 0 Å². The van der Waals surface area contributed by atoms with Gasteiger partial charge in [-0.3, -0.25) is 0 Å². The van der Waals surface area contributed by atoms with Gasteiger partial charge in [0, 0.05) is 15.8 Å². The lowest BCUT2D eigenvalue weighted by Crippen LogP contribution is -2.17. The summed E-state index contributed by atoms with van der Waals surface area (Å²) in [5.74, 6) is 1.04. The molecule has 4 heteroatoms. The Morgan fingerprint density at radius 3 is 2.95 bits per heavy atom. The zero-order valence-corrected chi connectivity index (χ0v) is 13.3. The summed E-state index contributed by atoms with van der Waals surface area (Å²) in [6.07, 6.45) is 1.30. The van der Waals surface area contributed by atoms with Gasteiger partial charge in [0.1, 0.15) is 11.9 Å². The van der Waals surface area contributed by atoms with Crippen molar-refractivity contribution in [3.05, 3.63) is 50.1 Å². The maximum absolute atomic E-state index is 5.76. The monoisotopic (exact) mass is 337 g/mol. The van der Waals surface area contributed by atoms with E-state index < -0.39 is 0 Å². The molecule has 2 nitrogen and oxygen atoms in total. The third-order valence-electron chi connectivity index (χ3n) is 3.45. The third kappa shape index (κ3) is 2.45. The highest BCUT2D eigenvalue weighted by Gasteiger charge is 2.22. The molecule has 0 radical (unpaired) electrons. The van der Waals surface area contributed by atoms with Crippen molar-refractivity contribution < 1.29 is 4.74 Å². The van der Waals surface area contributed by atoms with E-state index in [0.29, 0.717) is 6.10 Å². The lowest BCUT2D eigenvalue weighted by molar-refractivity contribution is 0.254. The molecule has 3 rings (SSSR count). The molecule has 0 amide bonds. The van der Waals surface area contributed by atoms with Gasteiger partial charge in [-0.25, -0.2) is 0 Å². The topological polar surface area (TPSA) is 21.3 Å². The van der Waals surface area contributed by atoms with Crippen LogP contribution in [0.3, 0.4) is 0 Å². The van der Waals surface area contributed by atoms with Crippen molar-refractivity contribution in [3.8, 4) is 5.75 Å². The van der Waals surface area contributed by atoms with Crippen LogP contribution in [0.2, 0.25) is 0 Å². The van der Waals surface area contributed by atoms with Gasteiger partial charge in [-0.2, -0.15) is 0 Å². The number of rotatable bonds is 3. The maximum Gasteiger partial charge on any atom is 0.123 e. The van der Waals surface area contributed by atoms with E-state index in [0.717, 1.165) is 12.2 Å². The smallest absolute Gasteiger partial charge is 0.123 e. The van der Waals surface area contributed by atoms with Crippen LogP contribution in [0, 0.1) is 0 Å². The highest BCUT2D eigenvalue weighted by molar-refractivity contribution is 9.10. The fourth-order valence-electron chi connectivity index (χ4n) is 2.58. The van der Waals surface area contributed by atoms with Crippen molar-refractivity contribution in [2.24, 2.45) is 0 Å². The molecule has 1 aliphatic rings. The quantitative estimate of drug-likeness (QED) is 0.908. The van der Waals surface area contributed by atoms with Crippen molar-refractivity contribution >= 4 is 27.3 Å². The number of fused-ring (bicyclic) bond motifs is 1. The van der Waals surface area contributed by atoms with E-state index in [1.54, 1.807) is 11.3 Å². The highest BCUT2D eigenvalue weighted by Crippen LogP contribution is 2.36. The molecular formula is C15H16BrNOS. The molecule has 2 heterocycles. The predicted molar refractivity (Wildman–Crippen MR) is 83.2 cm³/mol. The first-order chi connectivity index (χ1) is 9.19. The summed E-state index contributed by atoms with van der Waals surface area (Å²) < 4.78 is 6.93. The summed E-state index contributed by atoms with van der Waals surface area (Å²) in [4.78, 5) is 1.31. The Bertz CT molecular complexity index is 596. The molecule has 2 atom stereocenters. The summed E-state index contributed by atoms with van der Waals surface area (Å²) in [7, 11) is 2.00. The van der Waals surface area contributed by atoms with E-state index in [4.69, 9.17) is 4.74 Å². The van der Waals surface area contributed by atoms with Crippen LogP contribution < -0.4 is 10.1 Å². The second kappa shape index (κ2) is 5.27. The fraction of sp³-hybridized carbons (Fsp3) is 0.333. The Kier molecular flexibility index (Phi) is 3.65. The molecule has 1 aromatic heterocycles. The summed E-state index contributed by atoms with van der Waals surface area (Å²) in [6.45, 7) is 2.12. The Morgan fingerprint density at radius 2 is 2.26 bits per heavy atom. The lowest BCUT2D eigenvalue weighted by atomic mass is 10.0. The molecule has 19 heavy (non-hydrogen) atoms. The van der Waals surface area contributed by atoms with Crippen LogP contribution in [0.15, 0.2) is 34.1 Å². The van der Waals surface area contributed by atoms with Crippen LogP contribution in [0.1, 0.15) is 29.0 Å². The fourth-order valence-corrected chi connectivity index (χ4v) is 4.32. The standard InChI is InChI=1S/C15H16BrNOS/c1-9-7-11-8-10(3-4-13(11)18-9)14(17-2)15-12(16)5-6-19-15/h3-6,8-9,14,17H,7H2,1-2H3. The molecule has 100 valence electrons. The minimum Gasteiger partial charge on any atom is -0.490 e. The van der Waals surface area contributed by atoms with Gasteiger partial charge in [-0.1, -0.05) is 12.1 Å². The minimum atomic E-state index is 0.232. The summed E-state index contributed by atoms with van der Waals surface area (Å²) in [5, 5.41) is 5.52. The Labute approximate surface area is 125 Å². The molecular weight excluding hydrogens is 322 g/mol. The number of hydrogen-bond acceptors (Lipinski definition) is 3. The number of thiophene rings is 1. The van der Waals surface area contributed by atoms with E-state index in [1.807, 2.05) is 7.05 Å². The van der Waals surface area contributed by atoms with Gasteiger partial charge < -0.3 is 10.1 Å². The first kappa shape index (κ1) is 13.2. The molecule has 0 aliphatic carbocycles. The van der Waals surface area contributed by atoms with Crippen LogP contribution >= 0.6 is 27.3 Å². The second-order valence-electron chi connectivity index (χ2n) is 4.85. The average Bonchev–Trinajstić information content (AvgIpc) is 2.95. The van der Waals surface area contributed by atoms with Crippen molar-refractivity contribution in [1.29, 1.82) is 0 Å². The second-order valence-corrected chi connectivity index (χ2v) is 6.66. The van der Waals surface area contributed by atoms with Gasteiger partial charge in [-0.15, -0.1) is 11.3 Å². The van der Waals surface area contributed by atoms with E-state index >= 15 is 0 Å². The molecule has 2 unspecified atom stereocenters. The SMILES string of the molecule is CNC(c1ccc2c(c1)CC(C)O2)c1sccc1Br. The number of hydrogen-bond donors (Lipinski definition) is 1. The van der Waals surface area contributed by atoms with E-state index in [1.165, 1.54) is 20.5 Å². The third-order valence-corrected chi connectivity index (χ3v) is 5.38. The normalized spacial score (nSPS) is 19.0. The van der Waals surface area contributed by atoms with Crippen molar-refractivity contribution in [2.75, 3.05) is 7.05 Å². The Morgan fingerprint density at radius 1 is 1.42 bits per heavy atom. The maximum atomic E-state index is 5.76. The summed E-state index contributed by atoms with van der Waals surface area (Å²) in [6, 6.07) is 8.86. The van der Waals surface area contributed by atoms with Crippen molar-refractivity contribution in [2.45, 2.75) is 25.5 Å². The summed E-state index contributed by atoms with van der Waals surface area (Å²) >= 11 is 5.39. The summed E-state index contributed by atoms with van der Waals surface area (Å²) in [5.41, 5.74) is 2.61. The van der Waals surface area contributed by atoms with Crippen LogP contribution in [-0.2, 0) is 6.42 Å². The molecule has 0 saturated heterocycles. The van der Waals surface area contributed by atoms with Gasteiger partial charge in [0.2, 0.25) is 0 Å². The first-order valence-electron chi connectivity index (χ1n) is 6.38. The van der Waals surface area contributed by atoms with Gasteiger partial charge >= 0.3 is 0 Å². The molecule has 1 N–H and O–H groups in total. The molecule has 2 aromatic rings. The van der Waals surface area contributed by atoms with E-state index in [-0.39, 0.29) is 6.04 Å². The van der Waals surface area contributed by atoms with Crippen molar-refractivity contribution in [3.63, 3.8) is 0 Å². The Hall–Kier alpha value is -0.840. The van der Waals surface area contributed by atoms with Gasteiger partial charge in [-0.05, 0) is 58.5 Å². The minimum absolute atomic E-state index is 0.232. The highest BCUT2D eigenvalue weighted by atomic mass is 79.9. The lowest BCUT2D eigenvalue weighted by Gasteiger charge is -2.16. The Balaban J connectivity index is 1.97. The molecule has 0 bridgehead atoms. The number of benzene rings is 1. The molecule has 0 fully saturated rings. The van der Waals surface area contributed by atoms with Gasteiger partial charge in [0.05, 0.1) is 6.04 Å². The zero-order chi connectivity index (χ0) is 13.4. The van der Waals surface area contributed by atoms with Gasteiger partial charge in [0.25, 0.3) is 0 Å². The molecule has 0 saturated carbocycles.